The van der Waals surface area contributed by atoms with Crippen molar-refractivity contribution in [3.05, 3.63) is 0 Å². The van der Waals surface area contributed by atoms with Gasteiger partial charge in [-0.15, -0.1) is 0 Å². The molecule has 5 atom stereocenters. The van der Waals surface area contributed by atoms with E-state index in [1.807, 2.05) is 0 Å². The molecular formula is C13H26O2. The average Bonchev–Trinajstić information content (AvgIpc) is 2.25. The van der Waals surface area contributed by atoms with Gasteiger partial charge in [-0.25, -0.2) is 0 Å². The van der Waals surface area contributed by atoms with Gasteiger partial charge in [-0.1, -0.05) is 40.5 Å². The lowest BCUT2D eigenvalue weighted by Crippen LogP contribution is -2.45. The molecule has 2 heteroatoms. The number of unbranched alkanes of at least 4 members (excludes halogenated alkanes) is 1. The molecule has 1 saturated heterocycles. The number of methoxy groups -OCH3 is 1. The van der Waals surface area contributed by atoms with Crippen LogP contribution < -0.4 is 0 Å². The molecule has 0 aromatic carbocycles. The van der Waals surface area contributed by atoms with Gasteiger partial charge in [-0.05, 0) is 18.3 Å². The van der Waals surface area contributed by atoms with E-state index >= 15 is 0 Å². The third-order valence-electron chi connectivity index (χ3n) is 4.06. The van der Waals surface area contributed by atoms with Crippen LogP contribution in [0.25, 0.3) is 0 Å². The van der Waals surface area contributed by atoms with Crippen LogP contribution in [0.2, 0.25) is 0 Å². The summed E-state index contributed by atoms with van der Waals surface area (Å²) in [6, 6.07) is 0. The molecule has 2 unspecified atom stereocenters. The molecule has 0 amide bonds. The minimum atomic E-state index is -0.00180. The Morgan fingerprint density at radius 1 is 1.07 bits per heavy atom. The number of ether oxygens (including phenoxy) is 2. The molecule has 0 saturated carbocycles. The van der Waals surface area contributed by atoms with Crippen molar-refractivity contribution in [1.29, 1.82) is 0 Å². The zero-order valence-electron chi connectivity index (χ0n) is 10.8. The molecule has 90 valence electrons. The standard InChI is InChI=1S/C13H26O2/c1-6-7-8-12-10(3)9(2)11(4)13(14-5)15-12/h9-13H,6-8H2,1-5H3/t9-,10+,11?,12?,13+/m0/s1. The summed E-state index contributed by atoms with van der Waals surface area (Å²) in [7, 11) is 1.75. The Kier molecular flexibility index (Phi) is 5.07. The van der Waals surface area contributed by atoms with E-state index in [2.05, 4.69) is 27.7 Å². The summed E-state index contributed by atoms with van der Waals surface area (Å²) in [4.78, 5) is 0. The summed E-state index contributed by atoms with van der Waals surface area (Å²) in [6.45, 7) is 9.09. The third-order valence-corrected chi connectivity index (χ3v) is 4.06. The summed E-state index contributed by atoms with van der Waals surface area (Å²) < 4.78 is 11.4. The van der Waals surface area contributed by atoms with Gasteiger partial charge in [0.1, 0.15) is 0 Å². The zero-order valence-corrected chi connectivity index (χ0v) is 10.8. The maximum Gasteiger partial charge on any atom is 0.160 e. The second-order valence-corrected chi connectivity index (χ2v) is 5.00. The molecule has 1 fully saturated rings. The van der Waals surface area contributed by atoms with Gasteiger partial charge in [0.2, 0.25) is 0 Å². The fourth-order valence-corrected chi connectivity index (χ4v) is 2.49. The Bertz CT molecular complexity index is 179. The molecule has 1 aliphatic rings. The maximum absolute atomic E-state index is 6.01. The largest absolute Gasteiger partial charge is 0.356 e. The van der Waals surface area contributed by atoms with Crippen LogP contribution in [0, 0.1) is 17.8 Å². The van der Waals surface area contributed by atoms with Gasteiger partial charge < -0.3 is 9.47 Å². The number of rotatable bonds is 4. The Balaban J connectivity index is 2.57. The van der Waals surface area contributed by atoms with E-state index in [1.54, 1.807) is 7.11 Å². The molecule has 1 aliphatic heterocycles. The second-order valence-electron chi connectivity index (χ2n) is 5.00. The fraction of sp³-hybridized carbons (Fsp3) is 1.00. The van der Waals surface area contributed by atoms with E-state index in [-0.39, 0.29) is 6.29 Å². The molecule has 1 rings (SSSR count). The van der Waals surface area contributed by atoms with Crippen molar-refractivity contribution in [2.45, 2.75) is 59.4 Å². The van der Waals surface area contributed by atoms with Crippen LogP contribution in [0.3, 0.4) is 0 Å². The predicted octanol–water partition coefficient (Wildman–Crippen LogP) is 3.46. The molecule has 0 N–H and O–H groups in total. The highest BCUT2D eigenvalue weighted by atomic mass is 16.7. The number of hydrogen-bond donors (Lipinski definition) is 0. The summed E-state index contributed by atoms with van der Waals surface area (Å²) in [5.41, 5.74) is 0. The van der Waals surface area contributed by atoms with Crippen LogP contribution >= 0.6 is 0 Å². The molecule has 2 nitrogen and oxygen atoms in total. The van der Waals surface area contributed by atoms with E-state index < -0.39 is 0 Å². The molecule has 0 aromatic rings. The highest BCUT2D eigenvalue weighted by Gasteiger charge is 2.38. The first-order chi connectivity index (χ1) is 7.11. The second kappa shape index (κ2) is 5.86. The molecule has 0 aliphatic carbocycles. The van der Waals surface area contributed by atoms with Gasteiger partial charge in [0.05, 0.1) is 6.10 Å². The summed E-state index contributed by atoms with van der Waals surface area (Å²) in [5, 5.41) is 0. The van der Waals surface area contributed by atoms with Gasteiger partial charge in [0.25, 0.3) is 0 Å². The van der Waals surface area contributed by atoms with Crippen molar-refractivity contribution in [2.24, 2.45) is 17.8 Å². The van der Waals surface area contributed by atoms with Crippen molar-refractivity contribution in [3.8, 4) is 0 Å². The maximum atomic E-state index is 6.01. The predicted molar refractivity (Wildman–Crippen MR) is 62.7 cm³/mol. The zero-order chi connectivity index (χ0) is 11.4. The van der Waals surface area contributed by atoms with Crippen LogP contribution in [0.15, 0.2) is 0 Å². The van der Waals surface area contributed by atoms with E-state index in [1.165, 1.54) is 19.3 Å². The SMILES string of the molecule is CCCCC1O[C@@H](OC)C(C)[C@@H](C)[C@H]1C. The lowest BCUT2D eigenvalue weighted by Gasteiger charge is -2.43. The fourth-order valence-electron chi connectivity index (χ4n) is 2.49. The lowest BCUT2D eigenvalue weighted by molar-refractivity contribution is -0.238. The molecule has 0 spiro atoms. The molecule has 0 radical (unpaired) electrons. The highest BCUT2D eigenvalue weighted by Crippen LogP contribution is 2.36. The van der Waals surface area contributed by atoms with Crippen LogP contribution in [0.5, 0.6) is 0 Å². The first kappa shape index (κ1) is 13.0. The van der Waals surface area contributed by atoms with Crippen LogP contribution in [-0.4, -0.2) is 19.5 Å². The monoisotopic (exact) mass is 214 g/mol. The van der Waals surface area contributed by atoms with Gasteiger partial charge in [-0.3, -0.25) is 0 Å². The van der Waals surface area contributed by atoms with Crippen LogP contribution in [0.4, 0.5) is 0 Å². The van der Waals surface area contributed by atoms with Crippen LogP contribution in [0.1, 0.15) is 47.0 Å². The van der Waals surface area contributed by atoms with Gasteiger partial charge >= 0.3 is 0 Å². The van der Waals surface area contributed by atoms with E-state index in [9.17, 15) is 0 Å². The summed E-state index contributed by atoms with van der Waals surface area (Å²) in [6.07, 6.45) is 4.06. The third kappa shape index (κ3) is 2.94. The van der Waals surface area contributed by atoms with Gasteiger partial charge in [0, 0.05) is 13.0 Å². The highest BCUT2D eigenvalue weighted by molar-refractivity contribution is 4.82. The Labute approximate surface area is 94.3 Å². The minimum absolute atomic E-state index is 0.00180. The molecule has 0 aromatic heterocycles. The number of hydrogen-bond acceptors (Lipinski definition) is 2. The Hall–Kier alpha value is -0.0800. The lowest BCUT2D eigenvalue weighted by atomic mass is 9.78. The first-order valence-electron chi connectivity index (χ1n) is 6.30. The van der Waals surface area contributed by atoms with Crippen molar-refractivity contribution in [3.63, 3.8) is 0 Å². The van der Waals surface area contributed by atoms with Gasteiger partial charge in [0.15, 0.2) is 6.29 Å². The van der Waals surface area contributed by atoms with E-state index in [0.29, 0.717) is 23.9 Å². The summed E-state index contributed by atoms with van der Waals surface area (Å²) in [5.74, 6) is 1.84. The van der Waals surface area contributed by atoms with Crippen LogP contribution in [-0.2, 0) is 9.47 Å². The Morgan fingerprint density at radius 3 is 2.27 bits per heavy atom. The van der Waals surface area contributed by atoms with Crippen molar-refractivity contribution >= 4 is 0 Å². The normalized spacial score (nSPS) is 41.8. The van der Waals surface area contributed by atoms with E-state index in [4.69, 9.17) is 9.47 Å². The first-order valence-corrected chi connectivity index (χ1v) is 6.30. The van der Waals surface area contributed by atoms with Crippen molar-refractivity contribution in [2.75, 3.05) is 7.11 Å². The quantitative estimate of drug-likeness (QED) is 0.713. The van der Waals surface area contributed by atoms with Gasteiger partial charge in [-0.2, -0.15) is 0 Å². The molecule has 0 bridgehead atoms. The smallest absolute Gasteiger partial charge is 0.160 e. The molecule has 15 heavy (non-hydrogen) atoms. The van der Waals surface area contributed by atoms with E-state index in [0.717, 1.165) is 0 Å². The van der Waals surface area contributed by atoms with Crippen molar-refractivity contribution in [1.82, 2.24) is 0 Å². The molecule has 1 heterocycles. The average molecular weight is 214 g/mol. The summed E-state index contributed by atoms with van der Waals surface area (Å²) >= 11 is 0. The van der Waals surface area contributed by atoms with Crippen molar-refractivity contribution < 1.29 is 9.47 Å². The minimum Gasteiger partial charge on any atom is -0.356 e. The topological polar surface area (TPSA) is 18.5 Å². The molecular weight excluding hydrogens is 188 g/mol. The Morgan fingerprint density at radius 2 is 1.73 bits per heavy atom.